The zero-order chi connectivity index (χ0) is 15.8. The van der Waals surface area contributed by atoms with E-state index in [0.29, 0.717) is 0 Å². The van der Waals surface area contributed by atoms with Crippen molar-refractivity contribution in [2.75, 3.05) is 40.5 Å². The van der Waals surface area contributed by atoms with Gasteiger partial charge >= 0.3 is 0 Å². The van der Waals surface area contributed by atoms with Gasteiger partial charge in [0, 0.05) is 70.8 Å². The van der Waals surface area contributed by atoms with Crippen molar-refractivity contribution in [3.05, 3.63) is 16.1 Å². The largest absolute Gasteiger partial charge is 0.381 e. The number of aliphatic imine (C=N–C) groups is 1. The lowest BCUT2D eigenvalue weighted by Gasteiger charge is -2.36. The number of aromatic nitrogens is 1. The van der Waals surface area contributed by atoms with E-state index in [-0.39, 0.29) is 5.60 Å². The summed E-state index contributed by atoms with van der Waals surface area (Å²) in [6.45, 7) is 5.14. The lowest BCUT2D eigenvalue weighted by atomic mass is 9.94. The van der Waals surface area contributed by atoms with Crippen LogP contribution in [-0.2, 0) is 15.9 Å². The van der Waals surface area contributed by atoms with Crippen LogP contribution < -0.4 is 10.6 Å². The number of guanidine groups is 1. The van der Waals surface area contributed by atoms with Gasteiger partial charge in [0.25, 0.3) is 0 Å². The fourth-order valence-corrected chi connectivity index (χ4v) is 3.25. The summed E-state index contributed by atoms with van der Waals surface area (Å²) in [5.74, 6) is 0.802. The summed E-state index contributed by atoms with van der Waals surface area (Å²) in [4.78, 5) is 9.88. The molecule has 6 nitrogen and oxygen atoms in total. The van der Waals surface area contributed by atoms with Crippen LogP contribution in [0.3, 0.4) is 0 Å². The molecule has 22 heavy (non-hydrogen) atoms. The maximum Gasteiger partial charge on any atom is 0.191 e. The summed E-state index contributed by atoms with van der Waals surface area (Å²) >= 11 is 1.74. The van der Waals surface area contributed by atoms with Gasteiger partial charge in [0.1, 0.15) is 0 Å². The Morgan fingerprint density at radius 1 is 1.45 bits per heavy atom. The van der Waals surface area contributed by atoms with E-state index in [1.165, 1.54) is 4.88 Å². The fourth-order valence-electron chi connectivity index (χ4n) is 2.47. The van der Waals surface area contributed by atoms with Crippen LogP contribution in [0.5, 0.6) is 0 Å². The molecule has 1 aromatic rings. The van der Waals surface area contributed by atoms with Gasteiger partial charge in [-0.2, -0.15) is 0 Å². The van der Waals surface area contributed by atoms with Gasteiger partial charge in [-0.25, -0.2) is 4.98 Å². The van der Waals surface area contributed by atoms with Crippen LogP contribution in [0.25, 0.3) is 0 Å². The molecular formula is C15H26N4O2S. The van der Waals surface area contributed by atoms with Crippen LogP contribution in [0.2, 0.25) is 0 Å². The van der Waals surface area contributed by atoms with Crippen LogP contribution in [0.1, 0.15) is 22.7 Å². The van der Waals surface area contributed by atoms with Gasteiger partial charge in [0.15, 0.2) is 5.96 Å². The smallest absolute Gasteiger partial charge is 0.191 e. The number of nitrogens with one attached hydrogen (secondary N) is 2. The summed E-state index contributed by atoms with van der Waals surface area (Å²) in [6, 6.07) is 0. The summed E-state index contributed by atoms with van der Waals surface area (Å²) in [6.07, 6.45) is 4.64. The molecule has 1 fully saturated rings. The Morgan fingerprint density at radius 2 is 2.23 bits per heavy atom. The quantitative estimate of drug-likeness (QED) is 0.610. The van der Waals surface area contributed by atoms with Gasteiger partial charge < -0.3 is 20.1 Å². The number of thiazole rings is 1. The third-order valence-electron chi connectivity index (χ3n) is 3.94. The van der Waals surface area contributed by atoms with E-state index in [2.05, 4.69) is 27.5 Å². The molecule has 0 saturated carbocycles. The van der Waals surface area contributed by atoms with E-state index in [1.807, 2.05) is 6.20 Å². The van der Waals surface area contributed by atoms with Crippen LogP contribution in [0.15, 0.2) is 11.2 Å². The minimum atomic E-state index is -0.151. The summed E-state index contributed by atoms with van der Waals surface area (Å²) in [7, 11) is 3.56. The lowest BCUT2D eigenvalue weighted by molar-refractivity contribution is -0.0855. The molecule has 2 rings (SSSR count). The van der Waals surface area contributed by atoms with E-state index in [0.717, 1.165) is 56.5 Å². The van der Waals surface area contributed by atoms with Crippen molar-refractivity contribution in [1.82, 2.24) is 15.6 Å². The average molecular weight is 326 g/mol. The van der Waals surface area contributed by atoms with E-state index in [9.17, 15) is 0 Å². The normalized spacial score (nSPS) is 18.2. The highest BCUT2D eigenvalue weighted by molar-refractivity contribution is 7.11. The monoisotopic (exact) mass is 326 g/mol. The molecule has 2 heterocycles. The predicted octanol–water partition coefficient (Wildman–Crippen LogP) is 1.35. The topological polar surface area (TPSA) is 67.8 Å². The highest BCUT2D eigenvalue weighted by Gasteiger charge is 2.32. The Balaban J connectivity index is 1.74. The molecule has 124 valence electrons. The van der Waals surface area contributed by atoms with E-state index in [1.54, 1.807) is 25.5 Å². The zero-order valence-electron chi connectivity index (χ0n) is 13.6. The molecule has 0 amide bonds. The Hall–Kier alpha value is -1.18. The van der Waals surface area contributed by atoms with Crippen molar-refractivity contribution < 1.29 is 9.47 Å². The molecular weight excluding hydrogens is 300 g/mol. The molecule has 1 saturated heterocycles. The number of ether oxygens (including phenoxy) is 2. The Morgan fingerprint density at radius 3 is 2.82 bits per heavy atom. The summed E-state index contributed by atoms with van der Waals surface area (Å²) in [5.41, 5.74) is -0.151. The maximum atomic E-state index is 5.72. The van der Waals surface area contributed by atoms with Crippen molar-refractivity contribution in [2.24, 2.45) is 4.99 Å². The van der Waals surface area contributed by atoms with Crippen LogP contribution in [0.4, 0.5) is 0 Å². The Labute approximate surface area is 136 Å². The van der Waals surface area contributed by atoms with Crippen molar-refractivity contribution in [2.45, 2.75) is 31.8 Å². The second-order valence-electron chi connectivity index (χ2n) is 5.47. The second-order valence-corrected chi connectivity index (χ2v) is 6.79. The molecule has 0 spiro atoms. The third kappa shape index (κ3) is 4.93. The van der Waals surface area contributed by atoms with Gasteiger partial charge in [-0.05, 0) is 6.92 Å². The number of rotatable bonds is 6. The van der Waals surface area contributed by atoms with Gasteiger partial charge in [-0.15, -0.1) is 11.3 Å². The van der Waals surface area contributed by atoms with E-state index in [4.69, 9.17) is 9.47 Å². The lowest BCUT2D eigenvalue weighted by Crippen LogP contribution is -2.51. The fraction of sp³-hybridized carbons (Fsp3) is 0.733. The van der Waals surface area contributed by atoms with Gasteiger partial charge in [0.2, 0.25) is 0 Å². The third-order valence-corrected chi connectivity index (χ3v) is 4.91. The Kier molecular flexibility index (Phi) is 6.60. The molecule has 7 heteroatoms. The molecule has 1 aliphatic heterocycles. The minimum Gasteiger partial charge on any atom is -0.381 e. The maximum absolute atomic E-state index is 5.72. The first kappa shape index (κ1) is 17.2. The minimum absolute atomic E-state index is 0.151. The van der Waals surface area contributed by atoms with Crippen LogP contribution in [-0.4, -0.2) is 57.0 Å². The van der Waals surface area contributed by atoms with Crippen molar-refractivity contribution >= 4 is 17.3 Å². The molecule has 1 aromatic heterocycles. The van der Waals surface area contributed by atoms with E-state index >= 15 is 0 Å². The van der Waals surface area contributed by atoms with Crippen LogP contribution >= 0.6 is 11.3 Å². The zero-order valence-corrected chi connectivity index (χ0v) is 14.5. The van der Waals surface area contributed by atoms with E-state index < -0.39 is 0 Å². The van der Waals surface area contributed by atoms with Gasteiger partial charge in [-0.3, -0.25) is 4.99 Å². The molecule has 0 atom stereocenters. The molecule has 2 N–H and O–H groups in total. The molecule has 1 aliphatic rings. The first-order valence-corrected chi connectivity index (χ1v) is 8.48. The average Bonchev–Trinajstić information content (AvgIpc) is 2.97. The number of aryl methyl sites for hydroxylation is 1. The highest BCUT2D eigenvalue weighted by atomic mass is 32.1. The second kappa shape index (κ2) is 8.45. The summed E-state index contributed by atoms with van der Waals surface area (Å²) in [5, 5.41) is 7.84. The molecule has 0 aliphatic carbocycles. The first-order chi connectivity index (χ1) is 10.7. The SMILES string of the molecule is CN=C(NCCc1ncc(C)s1)NCC1(OC)CCOCC1. The highest BCUT2D eigenvalue weighted by Crippen LogP contribution is 2.23. The molecule has 0 radical (unpaired) electrons. The number of hydrogen-bond donors (Lipinski definition) is 2. The molecule has 0 unspecified atom stereocenters. The number of nitrogens with zero attached hydrogens (tertiary/aromatic N) is 2. The standard InChI is InChI=1S/C15H26N4O2S/c1-12-10-18-13(22-12)4-7-17-14(16-2)19-11-15(20-3)5-8-21-9-6-15/h10H,4-9,11H2,1-3H3,(H2,16,17,19). The van der Waals surface area contributed by atoms with Gasteiger partial charge in [-0.1, -0.05) is 0 Å². The summed E-state index contributed by atoms with van der Waals surface area (Å²) < 4.78 is 11.1. The molecule has 0 aromatic carbocycles. The van der Waals surface area contributed by atoms with Crippen LogP contribution in [0, 0.1) is 6.92 Å². The van der Waals surface area contributed by atoms with Crippen molar-refractivity contribution in [3.63, 3.8) is 0 Å². The molecule has 0 bridgehead atoms. The number of methoxy groups -OCH3 is 1. The number of hydrogen-bond acceptors (Lipinski definition) is 5. The first-order valence-electron chi connectivity index (χ1n) is 7.66. The predicted molar refractivity (Wildman–Crippen MR) is 89.7 cm³/mol. The van der Waals surface area contributed by atoms with Gasteiger partial charge in [0.05, 0.1) is 10.6 Å². The Bertz CT molecular complexity index is 484. The van der Waals surface area contributed by atoms with Crippen molar-refractivity contribution in [3.8, 4) is 0 Å². The van der Waals surface area contributed by atoms with Crippen molar-refractivity contribution in [1.29, 1.82) is 0 Å².